The molecular weight excluding hydrogens is 152 g/mol. The molecule has 2 rings (SSSR count). The fraction of sp³-hybridized carbons (Fsp3) is 0.900. The van der Waals surface area contributed by atoms with Crippen molar-refractivity contribution in [3.63, 3.8) is 0 Å². The monoisotopic (exact) mass is 168 g/mol. The molecule has 0 amide bonds. The van der Waals surface area contributed by atoms with Crippen LogP contribution in [-0.2, 0) is 9.53 Å². The molecule has 0 bridgehead atoms. The molecule has 0 aromatic carbocycles. The second-order valence-electron chi connectivity index (χ2n) is 4.35. The molecule has 2 nitrogen and oxygen atoms in total. The molecule has 0 aromatic rings. The van der Waals surface area contributed by atoms with Crippen LogP contribution < -0.4 is 0 Å². The van der Waals surface area contributed by atoms with Crippen LogP contribution in [0.4, 0.5) is 0 Å². The molecule has 4 atom stereocenters. The highest BCUT2D eigenvalue weighted by molar-refractivity contribution is 5.74. The molecule has 68 valence electrons. The van der Waals surface area contributed by atoms with Gasteiger partial charge in [0.1, 0.15) is 0 Å². The van der Waals surface area contributed by atoms with E-state index in [1.165, 1.54) is 12.8 Å². The lowest BCUT2D eigenvalue weighted by molar-refractivity contribution is -0.160. The lowest BCUT2D eigenvalue weighted by Gasteiger charge is -2.31. The Hall–Kier alpha value is -0.530. The topological polar surface area (TPSA) is 26.3 Å². The Morgan fingerprint density at radius 1 is 1.25 bits per heavy atom. The second kappa shape index (κ2) is 2.75. The molecule has 2 fully saturated rings. The Morgan fingerprint density at radius 2 is 2.00 bits per heavy atom. The van der Waals surface area contributed by atoms with E-state index in [4.69, 9.17) is 4.74 Å². The average Bonchev–Trinajstić information content (AvgIpc) is 2.42. The third-order valence-electron chi connectivity index (χ3n) is 3.52. The van der Waals surface area contributed by atoms with Gasteiger partial charge in [-0.15, -0.1) is 0 Å². The third-order valence-corrected chi connectivity index (χ3v) is 3.52. The van der Waals surface area contributed by atoms with Gasteiger partial charge in [-0.05, 0) is 30.6 Å². The third kappa shape index (κ3) is 1.05. The summed E-state index contributed by atoms with van der Waals surface area (Å²) >= 11 is 0. The molecule has 1 heterocycles. The van der Waals surface area contributed by atoms with E-state index < -0.39 is 0 Å². The number of hydrogen-bond acceptors (Lipinski definition) is 2. The van der Waals surface area contributed by atoms with Crippen LogP contribution in [0.3, 0.4) is 0 Å². The second-order valence-corrected chi connectivity index (χ2v) is 4.35. The molecule has 0 radical (unpaired) electrons. The maximum absolute atomic E-state index is 11.4. The zero-order valence-electron chi connectivity index (χ0n) is 7.75. The molecule has 0 spiro atoms. The van der Waals surface area contributed by atoms with Crippen molar-refractivity contribution in [2.75, 3.05) is 6.61 Å². The van der Waals surface area contributed by atoms with Gasteiger partial charge in [0.2, 0.25) is 0 Å². The molecule has 2 heteroatoms. The van der Waals surface area contributed by atoms with Crippen molar-refractivity contribution in [3.8, 4) is 0 Å². The van der Waals surface area contributed by atoms with Gasteiger partial charge in [-0.2, -0.15) is 0 Å². The number of esters is 1. The number of ether oxygens (including phenoxy) is 1. The van der Waals surface area contributed by atoms with Crippen LogP contribution in [-0.4, -0.2) is 12.6 Å². The average molecular weight is 168 g/mol. The summed E-state index contributed by atoms with van der Waals surface area (Å²) in [4.78, 5) is 11.4. The lowest BCUT2D eigenvalue weighted by Crippen LogP contribution is -2.37. The number of cyclic esters (lactones) is 1. The van der Waals surface area contributed by atoms with Gasteiger partial charge in [0.05, 0.1) is 12.5 Å². The van der Waals surface area contributed by atoms with Gasteiger partial charge in [-0.1, -0.05) is 13.8 Å². The van der Waals surface area contributed by atoms with Crippen molar-refractivity contribution in [2.24, 2.45) is 23.7 Å². The largest absolute Gasteiger partial charge is 0.465 e. The molecule has 0 aromatic heterocycles. The van der Waals surface area contributed by atoms with E-state index in [0.29, 0.717) is 24.4 Å². The van der Waals surface area contributed by atoms with Gasteiger partial charge >= 0.3 is 5.97 Å². The van der Waals surface area contributed by atoms with E-state index in [2.05, 4.69) is 13.8 Å². The van der Waals surface area contributed by atoms with E-state index in [-0.39, 0.29) is 11.9 Å². The van der Waals surface area contributed by atoms with E-state index in [1.54, 1.807) is 0 Å². The predicted molar refractivity (Wildman–Crippen MR) is 45.5 cm³/mol. The van der Waals surface area contributed by atoms with E-state index in [9.17, 15) is 4.79 Å². The van der Waals surface area contributed by atoms with Crippen LogP contribution in [0.15, 0.2) is 0 Å². The first kappa shape index (κ1) is 8.09. The number of rotatable bonds is 0. The summed E-state index contributed by atoms with van der Waals surface area (Å²) in [6, 6.07) is 0. The van der Waals surface area contributed by atoms with Crippen molar-refractivity contribution in [3.05, 3.63) is 0 Å². The molecule has 1 aliphatic heterocycles. The Bertz CT molecular complexity index is 200. The lowest BCUT2D eigenvalue weighted by atomic mass is 9.81. The number of fused-ring (bicyclic) bond motifs is 1. The Morgan fingerprint density at radius 3 is 2.67 bits per heavy atom. The zero-order valence-corrected chi connectivity index (χ0v) is 7.75. The van der Waals surface area contributed by atoms with E-state index >= 15 is 0 Å². The van der Waals surface area contributed by atoms with Crippen LogP contribution >= 0.6 is 0 Å². The van der Waals surface area contributed by atoms with Gasteiger partial charge in [-0.25, -0.2) is 0 Å². The van der Waals surface area contributed by atoms with Gasteiger partial charge in [0.15, 0.2) is 0 Å². The summed E-state index contributed by atoms with van der Waals surface area (Å²) in [5, 5.41) is 0. The van der Waals surface area contributed by atoms with Crippen LogP contribution in [0.1, 0.15) is 26.7 Å². The summed E-state index contributed by atoms with van der Waals surface area (Å²) in [7, 11) is 0. The summed E-state index contributed by atoms with van der Waals surface area (Å²) in [5.74, 6) is 2.01. The van der Waals surface area contributed by atoms with E-state index in [1.807, 2.05) is 0 Å². The fourth-order valence-corrected chi connectivity index (χ4v) is 2.72. The first-order chi connectivity index (χ1) is 5.70. The van der Waals surface area contributed by atoms with Crippen molar-refractivity contribution in [1.29, 1.82) is 0 Å². The van der Waals surface area contributed by atoms with Crippen LogP contribution in [0, 0.1) is 23.7 Å². The molecule has 1 saturated heterocycles. The normalized spacial score (nSPS) is 47.0. The predicted octanol–water partition coefficient (Wildman–Crippen LogP) is 1.84. The molecule has 0 N–H and O–H groups in total. The van der Waals surface area contributed by atoms with Crippen LogP contribution in [0.25, 0.3) is 0 Å². The number of hydrogen-bond donors (Lipinski definition) is 0. The van der Waals surface area contributed by atoms with Gasteiger partial charge in [-0.3, -0.25) is 4.79 Å². The molecule has 1 saturated carbocycles. The Balaban J connectivity index is 2.18. The van der Waals surface area contributed by atoms with E-state index in [0.717, 1.165) is 0 Å². The SMILES string of the molecule is CC1CCC2C1C(=O)OC[C@@H]2C. The number of carbonyl (C=O) groups excluding carboxylic acids is 1. The van der Waals surface area contributed by atoms with Gasteiger partial charge < -0.3 is 4.74 Å². The quantitative estimate of drug-likeness (QED) is 0.516. The Labute approximate surface area is 73.3 Å². The molecular formula is C10H16O2. The molecule has 2 aliphatic rings. The smallest absolute Gasteiger partial charge is 0.309 e. The molecule has 1 aliphatic carbocycles. The van der Waals surface area contributed by atoms with Gasteiger partial charge in [0.25, 0.3) is 0 Å². The van der Waals surface area contributed by atoms with Crippen molar-refractivity contribution in [1.82, 2.24) is 0 Å². The summed E-state index contributed by atoms with van der Waals surface area (Å²) in [6.07, 6.45) is 2.43. The fourth-order valence-electron chi connectivity index (χ4n) is 2.72. The van der Waals surface area contributed by atoms with Gasteiger partial charge in [0, 0.05) is 0 Å². The maximum atomic E-state index is 11.4. The minimum atomic E-state index is 0.0584. The highest BCUT2D eigenvalue weighted by Crippen LogP contribution is 2.44. The first-order valence-corrected chi connectivity index (χ1v) is 4.87. The number of carbonyl (C=O) groups is 1. The summed E-state index contributed by atoms with van der Waals surface area (Å²) < 4.78 is 5.14. The minimum Gasteiger partial charge on any atom is -0.465 e. The van der Waals surface area contributed by atoms with Crippen molar-refractivity contribution >= 4 is 5.97 Å². The highest BCUT2D eigenvalue weighted by Gasteiger charge is 2.45. The maximum Gasteiger partial charge on any atom is 0.309 e. The Kier molecular flexibility index (Phi) is 1.85. The highest BCUT2D eigenvalue weighted by atomic mass is 16.5. The summed E-state index contributed by atoms with van der Waals surface area (Å²) in [5.41, 5.74) is 0. The van der Waals surface area contributed by atoms with Crippen LogP contribution in [0.5, 0.6) is 0 Å². The zero-order chi connectivity index (χ0) is 8.72. The first-order valence-electron chi connectivity index (χ1n) is 4.87. The molecule has 3 unspecified atom stereocenters. The standard InChI is InChI=1S/C10H16O2/c1-6-3-4-8-7(2)5-12-10(11)9(6)8/h6-9H,3-5H2,1-2H3/t6?,7-,8?,9?/m0/s1. The van der Waals surface area contributed by atoms with Crippen molar-refractivity contribution in [2.45, 2.75) is 26.7 Å². The molecule has 12 heavy (non-hydrogen) atoms. The summed E-state index contributed by atoms with van der Waals surface area (Å²) in [6.45, 7) is 5.01. The van der Waals surface area contributed by atoms with Crippen molar-refractivity contribution < 1.29 is 9.53 Å². The van der Waals surface area contributed by atoms with Crippen LogP contribution in [0.2, 0.25) is 0 Å². The minimum absolute atomic E-state index is 0.0584.